The Bertz CT molecular complexity index is 1200. The second kappa shape index (κ2) is 12.9. The summed E-state index contributed by atoms with van der Waals surface area (Å²) in [6.07, 6.45) is 1.79. The van der Waals surface area contributed by atoms with Crippen molar-refractivity contribution in [3.63, 3.8) is 0 Å². The quantitative estimate of drug-likeness (QED) is 0.178. The molecule has 0 fully saturated rings. The lowest BCUT2D eigenvalue weighted by atomic mass is 9.96. The summed E-state index contributed by atoms with van der Waals surface area (Å²) < 4.78 is 19.4. The van der Waals surface area contributed by atoms with Crippen molar-refractivity contribution in [2.75, 3.05) is 0 Å². The van der Waals surface area contributed by atoms with Gasteiger partial charge in [0.15, 0.2) is 8.32 Å². The lowest BCUT2D eigenvalue weighted by molar-refractivity contribution is -0.136. The standard InChI is InChI=1S/C32H40O5Si/c1-7-14-28(37-38(5,6)32(2,3)4)31-26(20-30(33)34)19-27(35-22-24-15-10-8-11-16-24)21-29(31)36-23-25-17-12-9-13-18-25/h7-13,15-19,21,28H,1,14,20,22-23H2,2-6H3,(H,33,34). The maximum Gasteiger partial charge on any atom is 0.307 e. The van der Waals surface area contributed by atoms with Gasteiger partial charge >= 0.3 is 5.97 Å². The zero-order valence-electron chi connectivity index (χ0n) is 23.2. The van der Waals surface area contributed by atoms with Gasteiger partial charge in [0.25, 0.3) is 0 Å². The molecule has 1 unspecified atom stereocenters. The van der Waals surface area contributed by atoms with Crippen molar-refractivity contribution in [1.82, 2.24) is 0 Å². The number of benzene rings is 3. The van der Waals surface area contributed by atoms with Crippen molar-refractivity contribution in [2.45, 2.75) is 71.1 Å². The first kappa shape index (κ1) is 29.2. The van der Waals surface area contributed by atoms with Crippen LogP contribution in [0, 0.1) is 0 Å². The van der Waals surface area contributed by atoms with E-state index in [9.17, 15) is 9.90 Å². The zero-order chi connectivity index (χ0) is 27.8. The van der Waals surface area contributed by atoms with Gasteiger partial charge in [-0.2, -0.15) is 0 Å². The van der Waals surface area contributed by atoms with Gasteiger partial charge in [-0.15, -0.1) is 6.58 Å². The Morgan fingerprint density at radius 1 is 0.947 bits per heavy atom. The van der Waals surface area contributed by atoms with E-state index in [1.165, 1.54) is 0 Å². The van der Waals surface area contributed by atoms with Crippen LogP contribution in [0.2, 0.25) is 18.1 Å². The molecule has 0 heterocycles. The van der Waals surface area contributed by atoms with Crippen LogP contribution >= 0.6 is 0 Å². The van der Waals surface area contributed by atoms with Crippen LogP contribution in [0.25, 0.3) is 0 Å². The highest BCUT2D eigenvalue weighted by Crippen LogP contribution is 2.44. The first-order chi connectivity index (χ1) is 18.0. The number of rotatable bonds is 13. The van der Waals surface area contributed by atoms with E-state index in [4.69, 9.17) is 13.9 Å². The molecule has 202 valence electrons. The molecule has 3 rings (SSSR count). The molecule has 3 aromatic rings. The molecule has 0 bridgehead atoms. The Balaban J connectivity index is 2.09. The molecule has 0 spiro atoms. The largest absolute Gasteiger partial charge is 0.489 e. The number of hydrogen-bond donors (Lipinski definition) is 1. The molecule has 0 saturated heterocycles. The molecular formula is C32H40O5Si. The van der Waals surface area contributed by atoms with Gasteiger partial charge in [-0.05, 0) is 47.3 Å². The van der Waals surface area contributed by atoms with Crippen LogP contribution in [-0.4, -0.2) is 19.4 Å². The van der Waals surface area contributed by atoms with E-state index in [0.29, 0.717) is 36.7 Å². The summed E-state index contributed by atoms with van der Waals surface area (Å²) >= 11 is 0. The maximum absolute atomic E-state index is 12.0. The average Bonchev–Trinajstić information content (AvgIpc) is 2.86. The summed E-state index contributed by atoms with van der Waals surface area (Å²) in [6.45, 7) is 15.6. The minimum Gasteiger partial charge on any atom is -0.489 e. The van der Waals surface area contributed by atoms with Gasteiger partial charge in [0.05, 0.1) is 12.5 Å². The molecule has 6 heteroatoms. The van der Waals surface area contributed by atoms with Crippen molar-refractivity contribution in [1.29, 1.82) is 0 Å². The molecule has 1 N–H and O–H groups in total. The Morgan fingerprint density at radius 3 is 2.00 bits per heavy atom. The third-order valence-corrected chi connectivity index (χ3v) is 11.5. The maximum atomic E-state index is 12.0. The fourth-order valence-electron chi connectivity index (χ4n) is 3.92. The third kappa shape index (κ3) is 8.07. The summed E-state index contributed by atoms with van der Waals surface area (Å²) in [7, 11) is -2.22. The fraction of sp³-hybridized carbons (Fsp3) is 0.344. The lowest BCUT2D eigenvalue weighted by Gasteiger charge is -2.40. The van der Waals surface area contributed by atoms with Gasteiger partial charge in [-0.25, -0.2) is 0 Å². The molecule has 0 aromatic heterocycles. The molecule has 0 amide bonds. The van der Waals surface area contributed by atoms with E-state index in [0.717, 1.165) is 16.7 Å². The number of hydrogen-bond acceptors (Lipinski definition) is 4. The van der Waals surface area contributed by atoms with E-state index in [2.05, 4.69) is 40.4 Å². The minimum absolute atomic E-state index is 0.0246. The van der Waals surface area contributed by atoms with Crippen LogP contribution in [0.3, 0.4) is 0 Å². The van der Waals surface area contributed by atoms with Gasteiger partial charge < -0.3 is 19.0 Å². The predicted molar refractivity (Wildman–Crippen MR) is 155 cm³/mol. The van der Waals surface area contributed by atoms with Crippen molar-refractivity contribution in [2.24, 2.45) is 0 Å². The second-order valence-corrected chi connectivity index (χ2v) is 15.8. The van der Waals surface area contributed by atoms with Crippen molar-refractivity contribution < 1.29 is 23.8 Å². The Kier molecular flexibility index (Phi) is 9.94. The van der Waals surface area contributed by atoms with Gasteiger partial charge in [-0.3, -0.25) is 4.79 Å². The van der Waals surface area contributed by atoms with E-state index < -0.39 is 20.4 Å². The fourth-order valence-corrected chi connectivity index (χ4v) is 5.20. The molecule has 1 atom stereocenters. The number of ether oxygens (including phenoxy) is 2. The highest BCUT2D eigenvalue weighted by atomic mass is 28.4. The summed E-state index contributed by atoms with van der Waals surface area (Å²) in [4.78, 5) is 12.0. The normalized spacial score (nSPS) is 12.6. The topological polar surface area (TPSA) is 65.0 Å². The number of carboxylic acids is 1. The smallest absolute Gasteiger partial charge is 0.307 e. The highest BCUT2D eigenvalue weighted by Gasteiger charge is 2.40. The van der Waals surface area contributed by atoms with Crippen LogP contribution in [-0.2, 0) is 28.9 Å². The molecule has 0 radical (unpaired) electrons. The average molecular weight is 533 g/mol. The van der Waals surface area contributed by atoms with Crippen LogP contribution < -0.4 is 9.47 Å². The molecule has 3 aromatic carbocycles. The van der Waals surface area contributed by atoms with E-state index in [-0.39, 0.29) is 11.5 Å². The molecular weight excluding hydrogens is 492 g/mol. The molecule has 0 aliphatic rings. The molecule has 5 nitrogen and oxygen atoms in total. The Labute approximate surface area is 228 Å². The van der Waals surface area contributed by atoms with Gasteiger partial charge in [0.2, 0.25) is 0 Å². The SMILES string of the molecule is C=CCC(O[Si](C)(C)C(C)(C)C)c1c(CC(=O)O)cc(OCc2ccccc2)cc1OCc1ccccc1. The van der Waals surface area contributed by atoms with Gasteiger partial charge in [0.1, 0.15) is 24.7 Å². The van der Waals surface area contributed by atoms with Gasteiger partial charge in [-0.1, -0.05) is 87.5 Å². The van der Waals surface area contributed by atoms with Crippen LogP contribution in [0.15, 0.2) is 85.5 Å². The van der Waals surface area contributed by atoms with Crippen molar-refractivity contribution >= 4 is 14.3 Å². The minimum atomic E-state index is -2.22. The third-order valence-electron chi connectivity index (χ3n) is 6.97. The van der Waals surface area contributed by atoms with Gasteiger partial charge in [0, 0.05) is 11.6 Å². The summed E-state index contributed by atoms with van der Waals surface area (Å²) in [5.41, 5.74) is 3.41. The van der Waals surface area contributed by atoms with E-state index in [1.807, 2.05) is 78.9 Å². The van der Waals surface area contributed by atoms with Crippen LogP contribution in [0.4, 0.5) is 0 Å². The predicted octanol–water partition coefficient (Wildman–Crippen LogP) is 8.11. The monoisotopic (exact) mass is 532 g/mol. The summed E-state index contributed by atoms with van der Waals surface area (Å²) in [6, 6.07) is 23.4. The number of carboxylic acid groups (broad SMARTS) is 1. The Morgan fingerprint density at radius 2 is 1.50 bits per heavy atom. The number of aliphatic carboxylic acids is 1. The van der Waals surface area contributed by atoms with Crippen LogP contribution in [0.1, 0.15) is 55.5 Å². The second-order valence-electron chi connectivity index (χ2n) is 11.0. The zero-order valence-corrected chi connectivity index (χ0v) is 24.2. The first-order valence-electron chi connectivity index (χ1n) is 13.0. The summed E-state index contributed by atoms with van der Waals surface area (Å²) in [5.74, 6) is 0.202. The van der Waals surface area contributed by atoms with E-state index >= 15 is 0 Å². The highest BCUT2D eigenvalue weighted by molar-refractivity contribution is 6.74. The lowest BCUT2D eigenvalue weighted by Crippen LogP contribution is -2.42. The molecule has 38 heavy (non-hydrogen) atoms. The molecule has 0 aliphatic heterocycles. The summed E-state index contributed by atoms with van der Waals surface area (Å²) in [5, 5.41) is 9.80. The Hall–Kier alpha value is -3.35. The molecule has 0 aliphatic carbocycles. The van der Waals surface area contributed by atoms with E-state index in [1.54, 1.807) is 0 Å². The van der Waals surface area contributed by atoms with Crippen molar-refractivity contribution in [3.05, 3.63) is 108 Å². The number of carbonyl (C=O) groups is 1. The van der Waals surface area contributed by atoms with Crippen LogP contribution in [0.5, 0.6) is 11.5 Å². The van der Waals surface area contributed by atoms with Crippen molar-refractivity contribution in [3.8, 4) is 11.5 Å². The molecule has 0 saturated carbocycles. The first-order valence-corrected chi connectivity index (χ1v) is 15.9.